The number of anilines is 1. The molecular weight excluding hydrogens is 456 g/mol. The van der Waals surface area contributed by atoms with E-state index in [1.165, 1.54) is 16.4 Å². The van der Waals surface area contributed by atoms with Gasteiger partial charge in [0.05, 0.1) is 16.0 Å². The molecule has 1 N–H and O–H groups in total. The lowest BCUT2D eigenvalue weighted by Crippen LogP contribution is -2.48. The summed E-state index contributed by atoms with van der Waals surface area (Å²) < 4.78 is 27.5. The molecule has 0 atom stereocenters. The predicted octanol–water partition coefficient (Wildman–Crippen LogP) is 1.95. The van der Waals surface area contributed by atoms with E-state index < -0.39 is 27.7 Å². The van der Waals surface area contributed by atoms with Crippen molar-refractivity contribution >= 4 is 33.4 Å². The molecule has 0 aromatic heterocycles. The molecule has 34 heavy (non-hydrogen) atoms. The minimum Gasteiger partial charge on any atom is -0.326 e. The Kier molecular flexibility index (Phi) is 6.83. The van der Waals surface area contributed by atoms with Gasteiger partial charge >= 0.3 is 0 Å². The molecular formula is C24H28N4O5S. The molecule has 4 rings (SSSR count). The van der Waals surface area contributed by atoms with Crippen LogP contribution >= 0.6 is 0 Å². The van der Waals surface area contributed by atoms with Crippen molar-refractivity contribution in [1.29, 1.82) is 0 Å². The average molecular weight is 485 g/mol. The maximum Gasteiger partial charge on any atom is 0.261 e. The van der Waals surface area contributed by atoms with Crippen LogP contribution in [0.25, 0.3) is 0 Å². The summed E-state index contributed by atoms with van der Waals surface area (Å²) >= 11 is 0. The highest BCUT2D eigenvalue weighted by atomic mass is 32.2. The van der Waals surface area contributed by atoms with E-state index in [0.717, 1.165) is 17.0 Å². The number of nitrogens with zero attached hydrogens (tertiary/aromatic N) is 3. The molecule has 2 heterocycles. The number of sulfonamides is 1. The first-order chi connectivity index (χ1) is 16.2. The summed E-state index contributed by atoms with van der Waals surface area (Å²) in [7, 11) is -3.67. The van der Waals surface area contributed by atoms with E-state index in [-0.39, 0.29) is 17.9 Å². The Labute approximate surface area is 199 Å². The Morgan fingerprint density at radius 2 is 1.68 bits per heavy atom. The van der Waals surface area contributed by atoms with Gasteiger partial charge in [-0.05, 0) is 43.8 Å². The first-order valence-electron chi connectivity index (χ1n) is 11.3. The Balaban J connectivity index is 1.38. The number of imide groups is 1. The Morgan fingerprint density at radius 3 is 2.38 bits per heavy atom. The zero-order valence-electron chi connectivity index (χ0n) is 19.3. The monoisotopic (exact) mass is 484 g/mol. The van der Waals surface area contributed by atoms with Gasteiger partial charge in [-0.1, -0.05) is 24.6 Å². The van der Waals surface area contributed by atoms with Crippen molar-refractivity contribution in [2.24, 2.45) is 0 Å². The SMILES string of the molecule is CCN1CCN(S(=O)(=O)c2cccc(NC(=O)CCN3C(=O)c4ccc(C)cc4C3=O)c2)CC1. The van der Waals surface area contributed by atoms with Crippen LogP contribution in [0.5, 0.6) is 0 Å². The van der Waals surface area contributed by atoms with E-state index in [2.05, 4.69) is 10.2 Å². The number of nitrogens with one attached hydrogen (secondary N) is 1. The van der Waals surface area contributed by atoms with Crippen LogP contribution in [0.1, 0.15) is 39.6 Å². The zero-order valence-corrected chi connectivity index (χ0v) is 20.1. The Morgan fingerprint density at radius 1 is 0.971 bits per heavy atom. The minimum absolute atomic E-state index is 0.0586. The summed E-state index contributed by atoms with van der Waals surface area (Å²) in [6.45, 7) is 6.93. The third kappa shape index (κ3) is 4.75. The summed E-state index contributed by atoms with van der Waals surface area (Å²) in [5.74, 6) is -1.24. The second-order valence-electron chi connectivity index (χ2n) is 8.48. The number of likely N-dealkylation sites (N-methyl/N-ethyl adjacent to an activating group) is 1. The maximum atomic E-state index is 13.0. The molecule has 0 unspecified atom stereocenters. The lowest BCUT2D eigenvalue weighted by atomic mass is 10.1. The number of amides is 3. The Bertz CT molecular complexity index is 1240. The molecule has 2 aliphatic heterocycles. The second-order valence-corrected chi connectivity index (χ2v) is 10.4. The number of carbonyl (C=O) groups is 3. The fourth-order valence-electron chi connectivity index (χ4n) is 4.21. The van der Waals surface area contributed by atoms with Crippen LogP contribution in [-0.2, 0) is 14.8 Å². The lowest BCUT2D eigenvalue weighted by molar-refractivity contribution is -0.116. The van der Waals surface area contributed by atoms with Gasteiger partial charge in [-0.15, -0.1) is 0 Å². The van der Waals surface area contributed by atoms with E-state index in [1.54, 1.807) is 30.3 Å². The van der Waals surface area contributed by atoms with Gasteiger partial charge in [-0.25, -0.2) is 8.42 Å². The van der Waals surface area contributed by atoms with Crippen LogP contribution in [0.3, 0.4) is 0 Å². The Hall–Kier alpha value is -3.08. The normalized spacial score (nSPS) is 17.2. The lowest BCUT2D eigenvalue weighted by Gasteiger charge is -2.33. The highest BCUT2D eigenvalue weighted by molar-refractivity contribution is 7.89. The summed E-state index contributed by atoms with van der Waals surface area (Å²) in [6.07, 6.45) is -0.0968. The molecule has 2 aromatic carbocycles. The second kappa shape index (κ2) is 9.65. The molecule has 2 aromatic rings. The van der Waals surface area contributed by atoms with E-state index in [9.17, 15) is 22.8 Å². The average Bonchev–Trinajstić information content (AvgIpc) is 3.06. The quantitative estimate of drug-likeness (QED) is 0.602. The third-order valence-electron chi connectivity index (χ3n) is 6.22. The van der Waals surface area contributed by atoms with Crippen LogP contribution in [0.4, 0.5) is 5.69 Å². The number of hydrogen-bond donors (Lipinski definition) is 1. The summed E-state index contributed by atoms with van der Waals surface area (Å²) in [5.41, 5.74) is 1.91. The molecule has 9 nitrogen and oxygen atoms in total. The number of aryl methyl sites for hydroxylation is 1. The molecule has 0 bridgehead atoms. The number of piperazine rings is 1. The highest BCUT2D eigenvalue weighted by Gasteiger charge is 2.35. The van der Waals surface area contributed by atoms with Crippen LogP contribution in [0, 0.1) is 6.92 Å². The maximum absolute atomic E-state index is 13.0. The largest absolute Gasteiger partial charge is 0.326 e. The van der Waals surface area contributed by atoms with E-state index in [1.807, 2.05) is 13.8 Å². The van der Waals surface area contributed by atoms with Gasteiger partial charge in [0.25, 0.3) is 11.8 Å². The number of rotatable bonds is 7. The molecule has 0 spiro atoms. The third-order valence-corrected chi connectivity index (χ3v) is 8.12. The summed E-state index contributed by atoms with van der Waals surface area (Å²) in [5, 5.41) is 2.68. The zero-order chi connectivity index (χ0) is 24.5. The number of carbonyl (C=O) groups excluding carboxylic acids is 3. The standard InChI is InChI=1S/C24H28N4O5S/c1-3-26-11-13-27(14-12-26)34(32,33)19-6-4-5-18(16-19)25-22(29)9-10-28-23(30)20-8-7-17(2)15-21(20)24(28)31/h4-8,15-16H,3,9-14H2,1-2H3,(H,25,29). The summed E-state index contributed by atoms with van der Waals surface area (Å²) in [6, 6.07) is 11.2. The van der Waals surface area contributed by atoms with Gasteiger partial charge in [0.2, 0.25) is 15.9 Å². The van der Waals surface area contributed by atoms with E-state index in [4.69, 9.17) is 0 Å². The summed E-state index contributed by atoms with van der Waals surface area (Å²) in [4.78, 5) is 41.0. The first-order valence-corrected chi connectivity index (χ1v) is 12.7. The van der Waals surface area contributed by atoms with Crippen LogP contribution < -0.4 is 5.32 Å². The fourth-order valence-corrected chi connectivity index (χ4v) is 5.68. The van der Waals surface area contributed by atoms with Gasteiger partial charge in [0, 0.05) is 44.8 Å². The van der Waals surface area contributed by atoms with Crippen molar-refractivity contribution in [1.82, 2.24) is 14.1 Å². The molecule has 10 heteroatoms. The van der Waals surface area contributed by atoms with Gasteiger partial charge in [0.15, 0.2) is 0 Å². The molecule has 1 fully saturated rings. The predicted molar refractivity (Wildman–Crippen MR) is 127 cm³/mol. The van der Waals surface area contributed by atoms with Gasteiger partial charge < -0.3 is 10.2 Å². The molecule has 1 saturated heterocycles. The number of benzene rings is 2. The van der Waals surface area contributed by atoms with Crippen LogP contribution in [0.15, 0.2) is 47.4 Å². The molecule has 2 aliphatic rings. The van der Waals surface area contributed by atoms with Crippen molar-refractivity contribution < 1.29 is 22.8 Å². The van der Waals surface area contributed by atoms with Crippen molar-refractivity contribution in [3.63, 3.8) is 0 Å². The molecule has 180 valence electrons. The van der Waals surface area contributed by atoms with Gasteiger partial charge in [0.1, 0.15) is 0 Å². The van der Waals surface area contributed by atoms with Crippen LogP contribution in [0.2, 0.25) is 0 Å². The van der Waals surface area contributed by atoms with Crippen molar-refractivity contribution in [3.05, 3.63) is 59.2 Å². The molecule has 0 aliphatic carbocycles. The van der Waals surface area contributed by atoms with Crippen molar-refractivity contribution in [3.8, 4) is 0 Å². The first kappa shape index (κ1) is 24.1. The van der Waals surface area contributed by atoms with Crippen LogP contribution in [-0.4, -0.2) is 79.5 Å². The fraction of sp³-hybridized carbons (Fsp3) is 0.375. The van der Waals surface area contributed by atoms with Gasteiger partial charge in [-0.2, -0.15) is 4.31 Å². The topological polar surface area (TPSA) is 107 Å². The molecule has 3 amide bonds. The van der Waals surface area contributed by atoms with Crippen molar-refractivity contribution in [2.45, 2.75) is 25.2 Å². The van der Waals surface area contributed by atoms with E-state index >= 15 is 0 Å². The molecule has 0 radical (unpaired) electrons. The van der Waals surface area contributed by atoms with Gasteiger partial charge in [-0.3, -0.25) is 19.3 Å². The van der Waals surface area contributed by atoms with E-state index in [0.29, 0.717) is 43.0 Å². The number of hydrogen-bond acceptors (Lipinski definition) is 6. The number of fused-ring (bicyclic) bond motifs is 1. The molecule has 0 saturated carbocycles. The minimum atomic E-state index is -3.67. The highest BCUT2D eigenvalue weighted by Crippen LogP contribution is 2.24. The van der Waals surface area contributed by atoms with Crippen molar-refractivity contribution in [2.75, 3.05) is 44.6 Å². The smallest absolute Gasteiger partial charge is 0.261 e.